The van der Waals surface area contributed by atoms with Gasteiger partial charge in [0.2, 0.25) is 5.82 Å². The lowest BCUT2D eigenvalue weighted by molar-refractivity contribution is -0.141. The molecule has 0 aliphatic heterocycles. The van der Waals surface area contributed by atoms with Crippen molar-refractivity contribution in [1.82, 2.24) is 15.1 Å². The normalized spacial score (nSPS) is 11.8. The van der Waals surface area contributed by atoms with Crippen LogP contribution in [-0.2, 0) is 11.2 Å². The molecule has 0 saturated heterocycles. The van der Waals surface area contributed by atoms with Gasteiger partial charge in [0, 0.05) is 29.3 Å². The smallest absolute Gasteiger partial charge is 0.307 e. The molecule has 0 bridgehead atoms. The maximum absolute atomic E-state index is 15.1. The van der Waals surface area contributed by atoms with Crippen LogP contribution in [0.1, 0.15) is 33.5 Å². The van der Waals surface area contributed by atoms with Gasteiger partial charge in [0.05, 0.1) is 17.2 Å². The Kier molecular flexibility index (Phi) is 7.59. The minimum atomic E-state index is -1.13. The molecule has 1 unspecified atom stereocenters. The fourth-order valence-electron chi connectivity index (χ4n) is 4.37. The zero-order valence-corrected chi connectivity index (χ0v) is 22.0. The molecule has 200 valence electrons. The Morgan fingerprint density at radius 1 is 0.900 bits per heavy atom. The average molecular weight is 536 g/mol. The number of ketones is 1. The van der Waals surface area contributed by atoms with E-state index >= 15 is 4.39 Å². The number of aryl methyl sites for hydroxylation is 2. The van der Waals surface area contributed by atoms with Crippen LogP contribution in [0.4, 0.5) is 4.39 Å². The standard InChI is InChI=1S/C32H26FN3O4/c1-19-3-8-22(9-4-19)28-17-24(13-14-34-28)29(37)18-25(32(38)39)15-21-7-12-26(27(33)16-21)30-35-31(40-36-30)23-10-5-20(2)6-11-23/h3-14,16-17,25H,15,18H2,1-2H3,(H,38,39). The monoisotopic (exact) mass is 535 g/mol. The Morgan fingerprint density at radius 3 is 2.23 bits per heavy atom. The van der Waals surface area contributed by atoms with Gasteiger partial charge in [-0.05, 0) is 62.2 Å². The van der Waals surface area contributed by atoms with E-state index in [2.05, 4.69) is 15.1 Å². The topological polar surface area (TPSA) is 106 Å². The van der Waals surface area contributed by atoms with Crippen molar-refractivity contribution >= 4 is 11.8 Å². The van der Waals surface area contributed by atoms with Crippen LogP contribution in [0.5, 0.6) is 0 Å². The maximum atomic E-state index is 15.1. The molecule has 2 heterocycles. The largest absolute Gasteiger partial charge is 0.481 e. The summed E-state index contributed by atoms with van der Waals surface area (Å²) in [6.07, 6.45) is 1.28. The second-order valence-electron chi connectivity index (χ2n) is 9.77. The predicted octanol–water partition coefficient (Wildman–Crippen LogP) is 6.74. The Balaban J connectivity index is 1.30. The quantitative estimate of drug-likeness (QED) is 0.208. The molecule has 40 heavy (non-hydrogen) atoms. The molecule has 2 aromatic heterocycles. The summed E-state index contributed by atoms with van der Waals surface area (Å²) in [5.74, 6) is -2.74. The van der Waals surface area contributed by atoms with Crippen molar-refractivity contribution in [3.8, 4) is 34.1 Å². The number of pyridine rings is 1. The number of nitrogens with zero attached hydrogens (tertiary/aromatic N) is 3. The van der Waals surface area contributed by atoms with Crippen molar-refractivity contribution in [1.29, 1.82) is 0 Å². The first-order chi connectivity index (χ1) is 19.3. The molecule has 0 fully saturated rings. The molecule has 0 spiro atoms. The molecule has 3 aromatic carbocycles. The average Bonchev–Trinajstić information content (AvgIpc) is 3.43. The second-order valence-corrected chi connectivity index (χ2v) is 9.77. The van der Waals surface area contributed by atoms with Gasteiger partial charge in [0.1, 0.15) is 5.82 Å². The number of aliphatic carboxylic acids is 1. The number of Topliss-reactive ketones (excluding diaryl/α,β-unsaturated/α-hetero) is 1. The number of benzene rings is 3. The highest BCUT2D eigenvalue weighted by Crippen LogP contribution is 2.27. The third-order valence-corrected chi connectivity index (χ3v) is 6.69. The van der Waals surface area contributed by atoms with Crippen LogP contribution in [0, 0.1) is 25.6 Å². The molecule has 7 nitrogen and oxygen atoms in total. The molecule has 0 amide bonds. The van der Waals surface area contributed by atoms with Crippen molar-refractivity contribution < 1.29 is 23.6 Å². The summed E-state index contributed by atoms with van der Waals surface area (Å²) in [6, 6.07) is 22.8. The highest BCUT2D eigenvalue weighted by atomic mass is 19.1. The first kappa shape index (κ1) is 26.6. The van der Waals surface area contributed by atoms with Crippen molar-refractivity contribution in [2.45, 2.75) is 26.7 Å². The molecule has 8 heteroatoms. The van der Waals surface area contributed by atoms with Crippen molar-refractivity contribution in [2.75, 3.05) is 0 Å². The molecule has 1 N–H and O–H groups in total. The lowest BCUT2D eigenvalue weighted by atomic mass is 9.91. The van der Waals surface area contributed by atoms with Crippen LogP contribution in [0.2, 0.25) is 0 Å². The van der Waals surface area contributed by atoms with Crippen molar-refractivity contribution in [2.24, 2.45) is 5.92 Å². The van der Waals surface area contributed by atoms with Crippen LogP contribution in [0.3, 0.4) is 0 Å². The summed E-state index contributed by atoms with van der Waals surface area (Å²) < 4.78 is 20.4. The molecular weight excluding hydrogens is 509 g/mol. The third kappa shape index (κ3) is 6.02. The van der Waals surface area contributed by atoms with Gasteiger partial charge < -0.3 is 9.63 Å². The number of carbonyl (C=O) groups excluding carboxylic acids is 1. The van der Waals surface area contributed by atoms with E-state index in [1.807, 2.05) is 62.4 Å². The lowest BCUT2D eigenvalue weighted by Crippen LogP contribution is -2.20. The van der Waals surface area contributed by atoms with E-state index in [0.717, 1.165) is 22.3 Å². The number of carbonyl (C=O) groups is 2. The van der Waals surface area contributed by atoms with E-state index in [0.29, 0.717) is 16.8 Å². The minimum Gasteiger partial charge on any atom is -0.481 e. The number of hydrogen-bond donors (Lipinski definition) is 1. The number of rotatable bonds is 9. The number of aromatic nitrogens is 3. The molecule has 5 aromatic rings. The van der Waals surface area contributed by atoms with Crippen molar-refractivity contribution in [3.05, 3.63) is 113 Å². The van der Waals surface area contributed by atoms with Crippen LogP contribution in [0.25, 0.3) is 34.1 Å². The van der Waals surface area contributed by atoms with Crippen LogP contribution in [-0.4, -0.2) is 32.0 Å². The highest BCUT2D eigenvalue weighted by molar-refractivity contribution is 5.98. The molecule has 1 atom stereocenters. The van der Waals surface area contributed by atoms with Gasteiger partial charge in [-0.15, -0.1) is 0 Å². The number of halogens is 1. The Morgan fingerprint density at radius 2 is 1.57 bits per heavy atom. The highest BCUT2D eigenvalue weighted by Gasteiger charge is 2.24. The Labute approximate surface area is 230 Å². The van der Waals surface area contributed by atoms with E-state index in [4.69, 9.17) is 4.52 Å². The zero-order valence-electron chi connectivity index (χ0n) is 22.0. The van der Waals surface area contributed by atoms with E-state index in [9.17, 15) is 14.7 Å². The molecule has 0 radical (unpaired) electrons. The number of carboxylic acid groups (broad SMARTS) is 1. The van der Waals surface area contributed by atoms with Gasteiger partial charge in [-0.2, -0.15) is 4.98 Å². The summed E-state index contributed by atoms with van der Waals surface area (Å²) >= 11 is 0. The molecule has 0 saturated carbocycles. The number of hydrogen-bond acceptors (Lipinski definition) is 6. The van der Waals surface area contributed by atoms with Gasteiger partial charge in [0.15, 0.2) is 5.78 Å². The molecular formula is C32H26FN3O4. The number of carboxylic acids is 1. The van der Waals surface area contributed by atoms with Gasteiger partial charge in [0.25, 0.3) is 5.89 Å². The summed E-state index contributed by atoms with van der Waals surface area (Å²) in [6.45, 7) is 3.95. The fourth-order valence-corrected chi connectivity index (χ4v) is 4.37. The van der Waals surface area contributed by atoms with Crippen molar-refractivity contribution in [3.63, 3.8) is 0 Å². The first-order valence-electron chi connectivity index (χ1n) is 12.8. The zero-order chi connectivity index (χ0) is 28.2. The first-order valence-corrected chi connectivity index (χ1v) is 12.8. The third-order valence-electron chi connectivity index (χ3n) is 6.69. The molecule has 0 aliphatic rings. The predicted molar refractivity (Wildman–Crippen MR) is 148 cm³/mol. The minimum absolute atomic E-state index is 0.0188. The van der Waals surface area contributed by atoms with Gasteiger partial charge >= 0.3 is 5.97 Å². The summed E-state index contributed by atoms with van der Waals surface area (Å²) in [4.78, 5) is 33.7. The lowest BCUT2D eigenvalue weighted by Gasteiger charge is -2.13. The summed E-state index contributed by atoms with van der Waals surface area (Å²) in [7, 11) is 0. The van der Waals surface area contributed by atoms with Gasteiger partial charge in [-0.25, -0.2) is 4.39 Å². The molecule has 0 aliphatic carbocycles. The Bertz CT molecular complexity index is 1680. The SMILES string of the molecule is Cc1ccc(-c2cc(C(=O)CC(Cc3ccc(-c4noc(-c5ccc(C)cc5)n4)c(F)c3)C(=O)O)ccn2)cc1. The van der Waals surface area contributed by atoms with Gasteiger partial charge in [-0.3, -0.25) is 14.6 Å². The fraction of sp³-hybridized carbons (Fsp3) is 0.156. The van der Waals surface area contributed by atoms with Crippen LogP contribution >= 0.6 is 0 Å². The van der Waals surface area contributed by atoms with E-state index in [1.54, 1.807) is 18.2 Å². The van der Waals surface area contributed by atoms with Crippen LogP contribution < -0.4 is 0 Å². The van der Waals surface area contributed by atoms with E-state index in [-0.39, 0.29) is 35.9 Å². The maximum Gasteiger partial charge on any atom is 0.307 e. The summed E-state index contributed by atoms with van der Waals surface area (Å²) in [5, 5.41) is 13.7. The van der Waals surface area contributed by atoms with E-state index in [1.165, 1.54) is 18.3 Å². The molecule has 5 rings (SSSR count). The Hall–Kier alpha value is -4.98. The van der Waals surface area contributed by atoms with Crippen LogP contribution in [0.15, 0.2) is 89.6 Å². The second kappa shape index (κ2) is 11.4. The van der Waals surface area contributed by atoms with E-state index < -0.39 is 17.7 Å². The van der Waals surface area contributed by atoms with Gasteiger partial charge in [-0.1, -0.05) is 58.7 Å². The summed E-state index contributed by atoms with van der Waals surface area (Å²) in [5.41, 5.74) is 5.34.